The normalized spacial score (nSPS) is 29.2. The molecule has 1 N–H and O–H groups in total. The van der Waals surface area contributed by atoms with Crippen molar-refractivity contribution < 1.29 is 33.6 Å². The average Bonchev–Trinajstić information content (AvgIpc) is 3.21. The van der Waals surface area contributed by atoms with Gasteiger partial charge in [0.25, 0.3) is 0 Å². The molecule has 0 bridgehead atoms. The lowest BCUT2D eigenvalue weighted by atomic mass is 9.84. The van der Waals surface area contributed by atoms with E-state index in [1.54, 1.807) is 52.0 Å². The summed E-state index contributed by atoms with van der Waals surface area (Å²) in [7, 11) is 0. The molecule has 4 atom stereocenters. The number of carbonyl (C=O) groups is 1. The Kier molecular flexibility index (Phi) is 5.85. The number of ether oxygens (including phenoxy) is 5. The summed E-state index contributed by atoms with van der Waals surface area (Å²) in [6.45, 7) is 9.34. The fourth-order valence-corrected chi connectivity index (χ4v) is 3.67. The highest BCUT2D eigenvalue weighted by Gasteiger charge is 2.56. The smallest absolute Gasteiger partial charge is 0.338 e. The van der Waals surface area contributed by atoms with Crippen molar-refractivity contribution in [1.29, 1.82) is 0 Å². The van der Waals surface area contributed by atoms with Gasteiger partial charge in [-0.1, -0.05) is 25.1 Å². The van der Waals surface area contributed by atoms with Crippen LogP contribution in [0.15, 0.2) is 30.3 Å². The van der Waals surface area contributed by atoms with E-state index < -0.39 is 41.5 Å². The van der Waals surface area contributed by atoms with E-state index in [0.29, 0.717) is 5.56 Å². The van der Waals surface area contributed by atoms with Gasteiger partial charge in [0.15, 0.2) is 17.7 Å². The van der Waals surface area contributed by atoms with E-state index in [4.69, 9.17) is 23.7 Å². The minimum atomic E-state index is -1.51. The van der Waals surface area contributed by atoms with Gasteiger partial charge in [0, 0.05) is 0 Å². The van der Waals surface area contributed by atoms with Crippen LogP contribution in [-0.2, 0) is 23.7 Å². The van der Waals surface area contributed by atoms with Crippen molar-refractivity contribution >= 4 is 5.97 Å². The monoisotopic (exact) mass is 394 g/mol. The Balaban J connectivity index is 1.89. The van der Waals surface area contributed by atoms with Crippen LogP contribution < -0.4 is 0 Å². The molecule has 7 nitrogen and oxygen atoms in total. The second-order valence-corrected chi connectivity index (χ2v) is 8.22. The first kappa shape index (κ1) is 21.2. The van der Waals surface area contributed by atoms with Crippen LogP contribution in [0.1, 0.15) is 51.4 Å². The number of esters is 1. The summed E-state index contributed by atoms with van der Waals surface area (Å²) >= 11 is 0. The van der Waals surface area contributed by atoms with Gasteiger partial charge in [-0.3, -0.25) is 0 Å². The van der Waals surface area contributed by atoms with Crippen molar-refractivity contribution in [2.24, 2.45) is 0 Å². The molecule has 2 fully saturated rings. The molecule has 2 aliphatic heterocycles. The molecule has 0 saturated carbocycles. The van der Waals surface area contributed by atoms with Gasteiger partial charge < -0.3 is 28.8 Å². The molecule has 3 rings (SSSR count). The number of rotatable bonds is 6. The standard InChI is InChI=1S/C21H30O7/c1-6-21(23,16-13-25-20(4,5)28-16)17(15-12-24-19(2,3)27-15)26-18(22)14-10-8-7-9-11-14/h7-11,15-17,23H,6,12-13H2,1-5H3/t15-,16-,17-,21-/m0/s1. The molecule has 2 saturated heterocycles. The molecule has 0 aliphatic carbocycles. The second-order valence-electron chi connectivity index (χ2n) is 8.22. The maximum atomic E-state index is 12.8. The lowest BCUT2D eigenvalue weighted by Gasteiger charge is -2.40. The van der Waals surface area contributed by atoms with Crippen LogP contribution in [0, 0.1) is 0 Å². The molecule has 2 heterocycles. The van der Waals surface area contributed by atoms with Gasteiger partial charge in [0.05, 0.1) is 18.8 Å². The molecule has 0 spiro atoms. The van der Waals surface area contributed by atoms with Crippen LogP contribution in [0.5, 0.6) is 0 Å². The molecule has 156 valence electrons. The highest BCUT2D eigenvalue weighted by molar-refractivity contribution is 5.89. The van der Waals surface area contributed by atoms with Crippen molar-refractivity contribution in [3.8, 4) is 0 Å². The summed E-state index contributed by atoms with van der Waals surface area (Å²) in [6.07, 6.45) is -2.02. The summed E-state index contributed by atoms with van der Waals surface area (Å²) in [4.78, 5) is 12.8. The van der Waals surface area contributed by atoms with E-state index in [-0.39, 0.29) is 19.6 Å². The number of hydrogen-bond acceptors (Lipinski definition) is 7. The van der Waals surface area contributed by atoms with E-state index in [0.717, 1.165) is 0 Å². The van der Waals surface area contributed by atoms with Crippen LogP contribution in [-0.4, -0.2) is 59.8 Å². The van der Waals surface area contributed by atoms with E-state index in [2.05, 4.69) is 0 Å². The third kappa shape index (κ3) is 4.39. The minimum absolute atomic E-state index is 0.188. The molecule has 0 amide bonds. The van der Waals surface area contributed by atoms with Gasteiger partial charge in [-0.15, -0.1) is 0 Å². The van der Waals surface area contributed by atoms with Crippen molar-refractivity contribution in [2.45, 2.75) is 76.5 Å². The number of hydrogen-bond donors (Lipinski definition) is 1. The van der Waals surface area contributed by atoms with Gasteiger partial charge in [0.1, 0.15) is 17.8 Å². The topological polar surface area (TPSA) is 83.5 Å². The van der Waals surface area contributed by atoms with E-state index in [1.807, 2.05) is 13.0 Å². The average molecular weight is 394 g/mol. The quantitative estimate of drug-likeness (QED) is 0.743. The molecule has 28 heavy (non-hydrogen) atoms. The summed E-state index contributed by atoms with van der Waals surface area (Å²) in [6, 6.07) is 8.66. The van der Waals surface area contributed by atoms with Crippen molar-refractivity contribution in [3.63, 3.8) is 0 Å². The molecule has 1 aromatic rings. The first-order valence-electron chi connectivity index (χ1n) is 9.68. The molecular weight excluding hydrogens is 364 g/mol. The minimum Gasteiger partial charge on any atom is -0.453 e. The lowest BCUT2D eigenvalue weighted by molar-refractivity contribution is -0.220. The Labute approximate surface area is 165 Å². The number of aliphatic hydroxyl groups is 1. The second kappa shape index (κ2) is 7.72. The number of carbonyl (C=O) groups excluding carboxylic acids is 1. The van der Waals surface area contributed by atoms with Crippen molar-refractivity contribution in [3.05, 3.63) is 35.9 Å². The lowest BCUT2D eigenvalue weighted by Crippen LogP contribution is -2.60. The first-order valence-corrected chi connectivity index (χ1v) is 9.68. The maximum absolute atomic E-state index is 12.8. The van der Waals surface area contributed by atoms with Crippen LogP contribution in [0.3, 0.4) is 0 Å². The first-order chi connectivity index (χ1) is 13.1. The Morgan fingerprint density at radius 3 is 2.25 bits per heavy atom. The molecule has 0 aromatic heterocycles. The molecule has 0 unspecified atom stereocenters. The SMILES string of the molecule is CC[C@](O)([C@@H]1COC(C)(C)O1)[C@@H](OC(=O)c1ccccc1)[C@@H]1COC(C)(C)O1. The van der Waals surface area contributed by atoms with Gasteiger partial charge in [0.2, 0.25) is 0 Å². The van der Waals surface area contributed by atoms with Crippen LogP contribution in [0.4, 0.5) is 0 Å². The Bertz CT molecular complexity index is 687. The van der Waals surface area contributed by atoms with E-state index >= 15 is 0 Å². The van der Waals surface area contributed by atoms with Gasteiger partial charge >= 0.3 is 5.97 Å². The van der Waals surface area contributed by atoms with Crippen molar-refractivity contribution in [1.82, 2.24) is 0 Å². The third-order valence-corrected chi connectivity index (χ3v) is 5.24. The van der Waals surface area contributed by atoms with Gasteiger partial charge in [-0.05, 0) is 46.2 Å². The third-order valence-electron chi connectivity index (χ3n) is 5.24. The van der Waals surface area contributed by atoms with Crippen molar-refractivity contribution in [2.75, 3.05) is 13.2 Å². The zero-order valence-electron chi connectivity index (χ0n) is 17.1. The van der Waals surface area contributed by atoms with Gasteiger partial charge in [-0.2, -0.15) is 0 Å². The van der Waals surface area contributed by atoms with Crippen LogP contribution >= 0.6 is 0 Å². The van der Waals surface area contributed by atoms with Gasteiger partial charge in [-0.25, -0.2) is 4.79 Å². The maximum Gasteiger partial charge on any atom is 0.338 e. The summed E-state index contributed by atoms with van der Waals surface area (Å²) < 4.78 is 29.0. The largest absolute Gasteiger partial charge is 0.453 e. The predicted octanol–water partition coefficient (Wildman–Crippen LogP) is 2.66. The molecule has 1 aromatic carbocycles. The predicted molar refractivity (Wildman–Crippen MR) is 101 cm³/mol. The summed E-state index contributed by atoms with van der Waals surface area (Å²) in [5, 5.41) is 11.6. The fraction of sp³-hybridized carbons (Fsp3) is 0.667. The Morgan fingerprint density at radius 2 is 1.75 bits per heavy atom. The fourth-order valence-electron chi connectivity index (χ4n) is 3.67. The highest BCUT2D eigenvalue weighted by atomic mass is 16.8. The molecule has 0 radical (unpaired) electrons. The summed E-state index contributed by atoms with van der Waals surface area (Å²) in [5.74, 6) is -2.19. The Morgan fingerprint density at radius 1 is 1.14 bits per heavy atom. The zero-order valence-corrected chi connectivity index (χ0v) is 17.1. The molecule has 7 heteroatoms. The molecular formula is C21H30O7. The number of benzene rings is 1. The zero-order chi connectivity index (χ0) is 20.6. The van der Waals surface area contributed by atoms with E-state index in [9.17, 15) is 9.90 Å². The molecule has 2 aliphatic rings. The van der Waals surface area contributed by atoms with Crippen LogP contribution in [0.2, 0.25) is 0 Å². The Hall–Kier alpha value is -1.51. The van der Waals surface area contributed by atoms with E-state index in [1.165, 1.54) is 0 Å². The van der Waals surface area contributed by atoms with Crippen LogP contribution in [0.25, 0.3) is 0 Å². The highest BCUT2D eigenvalue weighted by Crippen LogP contribution is 2.38. The summed E-state index contributed by atoms with van der Waals surface area (Å²) in [5.41, 5.74) is -1.11.